The van der Waals surface area contributed by atoms with Gasteiger partial charge in [0.05, 0.1) is 25.8 Å². The molecule has 98 valence electrons. The number of methoxy groups -OCH3 is 1. The lowest BCUT2D eigenvalue weighted by Gasteiger charge is -2.13. The third-order valence-electron chi connectivity index (χ3n) is 3.20. The van der Waals surface area contributed by atoms with Crippen LogP contribution in [0.15, 0.2) is 41.8 Å². The molecule has 0 fully saturated rings. The summed E-state index contributed by atoms with van der Waals surface area (Å²) in [6.07, 6.45) is 3.55. The maximum absolute atomic E-state index is 5.38. The first-order chi connectivity index (χ1) is 9.36. The average molecular weight is 256 g/mol. The second-order valence-electron chi connectivity index (χ2n) is 4.51. The molecular formula is C14H16N4O. The fourth-order valence-electron chi connectivity index (χ4n) is 2.27. The molecule has 0 radical (unpaired) electrons. The maximum Gasteiger partial charge on any atom is 0.127 e. The molecule has 5 nitrogen and oxygen atoms in total. The van der Waals surface area contributed by atoms with Crippen LogP contribution in [0.4, 0.5) is 0 Å². The Hall–Kier alpha value is -2.14. The average Bonchev–Trinajstić information content (AvgIpc) is 3.11. The van der Waals surface area contributed by atoms with Crippen molar-refractivity contribution in [1.82, 2.24) is 14.9 Å². The number of aliphatic imine (C=N–C) groups is 1. The number of imidazole rings is 1. The van der Waals surface area contributed by atoms with E-state index < -0.39 is 0 Å². The van der Waals surface area contributed by atoms with Gasteiger partial charge in [-0.1, -0.05) is 12.1 Å². The van der Waals surface area contributed by atoms with E-state index in [-0.39, 0.29) is 0 Å². The molecule has 0 saturated heterocycles. The van der Waals surface area contributed by atoms with Crippen molar-refractivity contribution in [3.8, 4) is 5.75 Å². The molecule has 1 aliphatic heterocycles. The molecule has 0 bridgehead atoms. The van der Waals surface area contributed by atoms with Crippen molar-refractivity contribution in [2.45, 2.75) is 6.54 Å². The molecule has 1 aromatic carbocycles. The fourth-order valence-corrected chi connectivity index (χ4v) is 2.27. The minimum Gasteiger partial charge on any atom is -0.496 e. The predicted octanol–water partition coefficient (Wildman–Crippen LogP) is 1.68. The van der Waals surface area contributed by atoms with Crippen molar-refractivity contribution in [3.63, 3.8) is 0 Å². The number of H-pyrrole nitrogens is 1. The Kier molecular flexibility index (Phi) is 3.29. The minimum atomic E-state index is 0.715. The van der Waals surface area contributed by atoms with Gasteiger partial charge in [-0.15, -0.1) is 0 Å². The zero-order valence-electron chi connectivity index (χ0n) is 10.8. The van der Waals surface area contributed by atoms with E-state index in [0.29, 0.717) is 6.67 Å². The number of aromatic nitrogens is 2. The van der Waals surface area contributed by atoms with E-state index in [1.807, 2.05) is 24.4 Å². The minimum absolute atomic E-state index is 0.715. The predicted molar refractivity (Wildman–Crippen MR) is 73.4 cm³/mol. The topological polar surface area (TPSA) is 53.5 Å². The molecule has 0 saturated carbocycles. The largest absolute Gasteiger partial charge is 0.496 e. The number of nitrogens with zero attached hydrogens (tertiary/aromatic N) is 3. The molecule has 19 heavy (non-hydrogen) atoms. The molecule has 3 rings (SSSR count). The van der Waals surface area contributed by atoms with Gasteiger partial charge >= 0.3 is 0 Å². The number of nitrogens with one attached hydrogen (secondary N) is 1. The smallest absolute Gasteiger partial charge is 0.127 e. The van der Waals surface area contributed by atoms with E-state index in [4.69, 9.17) is 4.74 Å². The highest BCUT2D eigenvalue weighted by molar-refractivity contribution is 6.05. The van der Waals surface area contributed by atoms with Crippen molar-refractivity contribution >= 4 is 5.71 Å². The van der Waals surface area contributed by atoms with Gasteiger partial charge in [0.2, 0.25) is 0 Å². The lowest BCUT2D eigenvalue weighted by molar-refractivity contribution is 0.331. The van der Waals surface area contributed by atoms with Crippen LogP contribution in [0.1, 0.15) is 11.3 Å². The second-order valence-corrected chi connectivity index (χ2v) is 4.51. The maximum atomic E-state index is 5.38. The molecule has 0 amide bonds. The number of benzene rings is 1. The third-order valence-corrected chi connectivity index (χ3v) is 3.20. The Balaban J connectivity index is 1.71. The van der Waals surface area contributed by atoms with Crippen LogP contribution in [0.2, 0.25) is 0 Å². The monoisotopic (exact) mass is 256 g/mol. The van der Waals surface area contributed by atoms with E-state index in [9.17, 15) is 0 Å². The highest BCUT2D eigenvalue weighted by Crippen LogP contribution is 2.21. The summed E-state index contributed by atoms with van der Waals surface area (Å²) in [5.41, 5.74) is 3.27. The lowest BCUT2D eigenvalue weighted by atomic mass is 10.1. The molecule has 1 aliphatic rings. The van der Waals surface area contributed by atoms with Crippen LogP contribution in [-0.2, 0) is 6.54 Å². The van der Waals surface area contributed by atoms with E-state index >= 15 is 0 Å². The van der Waals surface area contributed by atoms with Gasteiger partial charge in [0, 0.05) is 30.5 Å². The van der Waals surface area contributed by atoms with E-state index in [2.05, 4.69) is 25.9 Å². The van der Waals surface area contributed by atoms with Gasteiger partial charge < -0.3 is 9.72 Å². The van der Waals surface area contributed by atoms with Crippen LogP contribution < -0.4 is 4.74 Å². The van der Waals surface area contributed by atoms with Gasteiger partial charge in [-0.05, 0) is 12.1 Å². The Morgan fingerprint density at radius 1 is 1.37 bits per heavy atom. The number of hydrogen-bond acceptors (Lipinski definition) is 4. The van der Waals surface area contributed by atoms with Gasteiger partial charge in [0.1, 0.15) is 5.75 Å². The molecule has 0 atom stereocenters. The van der Waals surface area contributed by atoms with Crippen molar-refractivity contribution in [2.75, 3.05) is 20.3 Å². The summed E-state index contributed by atoms with van der Waals surface area (Å²) in [4.78, 5) is 14.0. The summed E-state index contributed by atoms with van der Waals surface area (Å²) in [6, 6.07) is 8.00. The second kappa shape index (κ2) is 5.24. The SMILES string of the molecule is COc1ccccc1C1=NCN(Cc2cnc[nH]2)C1. The van der Waals surface area contributed by atoms with Gasteiger partial charge in [0.25, 0.3) is 0 Å². The number of para-hydroxylation sites is 1. The van der Waals surface area contributed by atoms with Gasteiger partial charge in [-0.2, -0.15) is 0 Å². The van der Waals surface area contributed by atoms with Crippen molar-refractivity contribution in [3.05, 3.63) is 48.0 Å². The standard InChI is InChI=1S/C14H16N4O/c1-19-14-5-3-2-4-12(14)13-8-18(10-17-13)7-11-6-15-9-16-11/h2-6,9H,7-8,10H2,1H3,(H,15,16). The van der Waals surface area contributed by atoms with Crippen LogP contribution in [0.25, 0.3) is 0 Å². The quantitative estimate of drug-likeness (QED) is 0.905. The zero-order chi connectivity index (χ0) is 13.1. The van der Waals surface area contributed by atoms with E-state index in [1.165, 1.54) is 0 Å². The first-order valence-electron chi connectivity index (χ1n) is 6.23. The third kappa shape index (κ3) is 2.51. The molecule has 0 unspecified atom stereocenters. The summed E-state index contributed by atoms with van der Waals surface area (Å²) in [5.74, 6) is 0.879. The Morgan fingerprint density at radius 2 is 2.26 bits per heavy atom. The molecule has 0 spiro atoms. The van der Waals surface area contributed by atoms with Crippen LogP contribution in [0.5, 0.6) is 5.75 Å². The number of hydrogen-bond donors (Lipinski definition) is 1. The van der Waals surface area contributed by atoms with Crippen LogP contribution in [0.3, 0.4) is 0 Å². The zero-order valence-corrected chi connectivity index (χ0v) is 10.8. The molecule has 1 aromatic heterocycles. The summed E-state index contributed by atoms with van der Waals surface area (Å²) in [6.45, 7) is 2.38. The first kappa shape index (κ1) is 11.9. The van der Waals surface area contributed by atoms with Gasteiger partial charge in [-0.3, -0.25) is 9.89 Å². The van der Waals surface area contributed by atoms with E-state index in [1.54, 1.807) is 13.4 Å². The first-order valence-corrected chi connectivity index (χ1v) is 6.23. The van der Waals surface area contributed by atoms with Gasteiger partial charge in [-0.25, -0.2) is 4.98 Å². The van der Waals surface area contributed by atoms with Crippen LogP contribution in [-0.4, -0.2) is 40.9 Å². The van der Waals surface area contributed by atoms with Crippen molar-refractivity contribution < 1.29 is 4.74 Å². The molecule has 5 heteroatoms. The number of rotatable bonds is 4. The molecule has 2 heterocycles. The van der Waals surface area contributed by atoms with Crippen molar-refractivity contribution in [1.29, 1.82) is 0 Å². The lowest BCUT2D eigenvalue weighted by Crippen LogP contribution is -2.23. The van der Waals surface area contributed by atoms with Gasteiger partial charge in [0.15, 0.2) is 0 Å². The highest BCUT2D eigenvalue weighted by atomic mass is 16.5. The molecule has 2 aromatic rings. The Morgan fingerprint density at radius 3 is 3.05 bits per heavy atom. The van der Waals surface area contributed by atoms with E-state index in [0.717, 1.165) is 35.8 Å². The number of ether oxygens (including phenoxy) is 1. The highest BCUT2D eigenvalue weighted by Gasteiger charge is 2.19. The molecule has 0 aliphatic carbocycles. The normalized spacial score (nSPS) is 15.5. The van der Waals surface area contributed by atoms with Crippen LogP contribution >= 0.6 is 0 Å². The summed E-state index contributed by atoms with van der Waals surface area (Å²) in [5, 5.41) is 0. The molecule has 1 N–H and O–H groups in total. The van der Waals surface area contributed by atoms with Crippen LogP contribution in [0, 0.1) is 0 Å². The number of aromatic amines is 1. The summed E-state index contributed by atoms with van der Waals surface area (Å²) >= 11 is 0. The Bertz CT molecular complexity index is 577. The summed E-state index contributed by atoms with van der Waals surface area (Å²) < 4.78 is 5.38. The van der Waals surface area contributed by atoms with Crippen molar-refractivity contribution in [2.24, 2.45) is 4.99 Å². The summed E-state index contributed by atoms with van der Waals surface area (Å²) in [7, 11) is 1.69. The fraction of sp³-hybridized carbons (Fsp3) is 0.286. The molecular weight excluding hydrogens is 240 g/mol. The Labute approximate surface area is 112 Å².